The lowest BCUT2D eigenvalue weighted by atomic mass is 10.1. The second-order valence-corrected chi connectivity index (χ2v) is 7.10. The number of rotatable bonds is 6. The molecule has 0 N–H and O–H groups in total. The minimum absolute atomic E-state index is 0.0819. The van der Waals surface area contributed by atoms with Gasteiger partial charge in [-0.15, -0.1) is 11.3 Å². The predicted octanol–water partition coefficient (Wildman–Crippen LogP) is 2.77. The fourth-order valence-electron chi connectivity index (χ4n) is 2.46. The lowest BCUT2D eigenvalue weighted by Crippen LogP contribution is -2.26. The van der Waals surface area contributed by atoms with Crippen molar-refractivity contribution in [3.63, 3.8) is 0 Å². The normalized spacial score (nSPS) is 17.3. The Morgan fingerprint density at radius 1 is 1.38 bits per heavy atom. The van der Waals surface area contributed by atoms with Crippen LogP contribution < -0.4 is 0 Å². The van der Waals surface area contributed by atoms with E-state index in [9.17, 15) is 14.4 Å². The van der Waals surface area contributed by atoms with Crippen LogP contribution in [0.5, 0.6) is 0 Å². The first-order valence-electron chi connectivity index (χ1n) is 7.28. The molecule has 0 aromatic carbocycles. The van der Waals surface area contributed by atoms with Gasteiger partial charge in [0, 0.05) is 13.0 Å². The summed E-state index contributed by atoms with van der Waals surface area (Å²) in [4.78, 5) is 37.9. The number of amides is 1. The summed E-state index contributed by atoms with van der Waals surface area (Å²) in [5, 5.41) is 0. The molecule has 0 aliphatic carbocycles. The van der Waals surface area contributed by atoms with Gasteiger partial charge in [-0.05, 0) is 24.3 Å². The summed E-state index contributed by atoms with van der Waals surface area (Å²) in [5.74, 6) is -0.891. The van der Waals surface area contributed by atoms with E-state index in [0.717, 1.165) is 11.3 Å². The number of carbonyl (C=O) groups is 3. The van der Waals surface area contributed by atoms with Gasteiger partial charge in [0.15, 0.2) is 6.61 Å². The summed E-state index contributed by atoms with van der Waals surface area (Å²) in [6, 6.07) is 6.71. The van der Waals surface area contributed by atoms with Crippen LogP contribution in [0, 0.1) is 5.92 Å². The maximum absolute atomic E-state index is 12.1. The Morgan fingerprint density at radius 2 is 2.21 bits per heavy atom. The number of nitrogens with zero attached hydrogens (tertiary/aromatic N) is 1. The molecule has 2 aromatic rings. The highest BCUT2D eigenvalue weighted by Crippen LogP contribution is 2.23. The first-order valence-corrected chi connectivity index (χ1v) is 8.47. The maximum Gasteiger partial charge on any atom is 0.311 e. The molecule has 8 heteroatoms. The highest BCUT2D eigenvalue weighted by molar-refractivity contribution is 7.18. The average Bonchev–Trinajstić information content (AvgIpc) is 3.28. The zero-order valence-electron chi connectivity index (χ0n) is 12.6. The molecule has 1 aliphatic rings. The van der Waals surface area contributed by atoms with Gasteiger partial charge in [-0.2, -0.15) is 0 Å². The molecule has 0 radical (unpaired) electrons. The van der Waals surface area contributed by atoms with Crippen molar-refractivity contribution in [3.05, 3.63) is 45.5 Å². The van der Waals surface area contributed by atoms with E-state index in [4.69, 9.17) is 20.8 Å². The Balaban J connectivity index is 1.50. The molecule has 0 saturated carbocycles. The molecule has 6 nitrogen and oxygen atoms in total. The largest absolute Gasteiger partial charge is 0.467 e. The van der Waals surface area contributed by atoms with Gasteiger partial charge in [0.1, 0.15) is 5.76 Å². The van der Waals surface area contributed by atoms with E-state index < -0.39 is 11.9 Å². The number of ketones is 1. The van der Waals surface area contributed by atoms with Crippen LogP contribution in [0.3, 0.4) is 0 Å². The summed E-state index contributed by atoms with van der Waals surface area (Å²) in [7, 11) is 0. The van der Waals surface area contributed by atoms with Crippen LogP contribution in [0.4, 0.5) is 0 Å². The monoisotopic (exact) mass is 367 g/mol. The van der Waals surface area contributed by atoms with Crippen LogP contribution in [0.1, 0.15) is 21.9 Å². The Labute approximate surface area is 146 Å². The number of likely N-dealkylation sites (tertiary alicyclic amines) is 1. The fraction of sp³-hybridized carbons (Fsp3) is 0.312. The van der Waals surface area contributed by atoms with Crippen molar-refractivity contribution in [2.24, 2.45) is 5.92 Å². The third-order valence-corrected chi connectivity index (χ3v) is 4.94. The number of esters is 1. The Morgan fingerprint density at radius 3 is 2.88 bits per heavy atom. The van der Waals surface area contributed by atoms with E-state index in [1.54, 1.807) is 29.2 Å². The molecule has 1 atom stereocenters. The molecule has 3 rings (SSSR count). The minimum Gasteiger partial charge on any atom is -0.467 e. The van der Waals surface area contributed by atoms with E-state index in [1.165, 1.54) is 6.26 Å². The molecule has 0 unspecified atom stereocenters. The molecule has 1 aliphatic heterocycles. The number of thiophene rings is 1. The average molecular weight is 368 g/mol. The fourth-order valence-corrected chi connectivity index (χ4v) is 3.43. The molecule has 126 valence electrons. The third kappa shape index (κ3) is 3.85. The number of furan rings is 1. The number of halogens is 1. The number of hydrogen-bond acceptors (Lipinski definition) is 6. The Hall–Kier alpha value is -2.12. The molecule has 2 aromatic heterocycles. The molecule has 3 heterocycles. The van der Waals surface area contributed by atoms with Crippen molar-refractivity contribution >= 4 is 40.6 Å². The number of Topliss-reactive ketones (excluding diaryl/α,β-unsaturated/α-hetero) is 1. The van der Waals surface area contributed by atoms with E-state index >= 15 is 0 Å². The van der Waals surface area contributed by atoms with Crippen molar-refractivity contribution in [3.8, 4) is 0 Å². The zero-order valence-corrected chi connectivity index (χ0v) is 14.1. The standard InChI is InChI=1S/C16H14ClNO5S/c17-14-4-3-13(24-14)12(19)9-23-16(21)10-6-15(20)18(7-10)8-11-2-1-5-22-11/h1-5,10H,6-9H2/t10-/m0/s1. The van der Waals surface area contributed by atoms with Crippen molar-refractivity contribution in [2.45, 2.75) is 13.0 Å². The van der Waals surface area contributed by atoms with Gasteiger partial charge in [0.05, 0.1) is 27.9 Å². The summed E-state index contributed by atoms with van der Waals surface area (Å²) < 4.78 is 10.8. The quantitative estimate of drug-likeness (QED) is 0.579. The zero-order chi connectivity index (χ0) is 17.1. The topological polar surface area (TPSA) is 76.8 Å². The van der Waals surface area contributed by atoms with Crippen molar-refractivity contribution in [1.29, 1.82) is 0 Å². The first-order chi connectivity index (χ1) is 11.5. The lowest BCUT2D eigenvalue weighted by Gasteiger charge is -2.14. The molecule has 0 spiro atoms. The molecular weight excluding hydrogens is 354 g/mol. The Bertz CT molecular complexity index is 754. The van der Waals surface area contributed by atoms with Crippen LogP contribution in [0.25, 0.3) is 0 Å². The van der Waals surface area contributed by atoms with Crippen LogP contribution in [-0.2, 0) is 20.9 Å². The van der Waals surface area contributed by atoms with Crippen LogP contribution in [0.15, 0.2) is 34.9 Å². The van der Waals surface area contributed by atoms with E-state index in [0.29, 0.717) is 21.5 Å². The number of hydrogen-bond donors (Lipinski definition) is 0. The van der Waals surface area contributed by atoms with Crippen molar-refractivity contribution in [1.82, 2.24) is 4.90 Å². The smallest absolute Gasteiger partial charge is 0.311 e. The first kappa shape index (κ1) is 16.7. The van der Waals surface area contributed by atoms with Gasteiger partial charge in [0.25, 0.3) is 0 Å². The van der Waals surface area contributed by atoms with Crippen LogP contribution in [0.2, 0.25) is 4.34 Å². The summed E-state index contributed by atoms with van der Waals surface area (Å²) in [5.41, 5.74) is 0. The molecule has 1 amide bonds. The van der Waals surface area contributed by atoms with Gasteiger partial charge >= 0.3 is 5.97 Å². The molecular formula is C16H14ClNO5S. The van der Waals surface area contributed by atoms with E-state index in [1.807, 2.05) is 0 Å². The summed E-state index contributed by atoms with van der Waals surface area (Å²) >= 11 is 6.90. The number of ether oxygens (including phenoxy) is 1. The van der Waals surface area contributed by atoms with E-state index in [-0.39, 0.29) is 31.3 Å². The minimum atomic E-state index is -0.563. The van der Waals surface area contributed by atoms with Gasteiger partial charge in [-0.3, -0.25) is 14.4 Å². The van der Waals surface area contributed by atoms with Crippen LogP contribution in [-0.4, -0.2) is 35.7 Å². The van der Waals surface area contributed by atoms with Crippen molar-refractivity contribution < 1.29 is 23.5 Å². The predicted molar refractivity (Wildman–Crippen MR) is 86.9 cm³/mol. The summed E-state index contributed by atoms with van der Waals surface area (Å²) in [6.07, 6.45) is 1.61. The molecule has 24 heavy (non-hydrogen) atoms. The number of carbonyl (C=O) groups excluding carboxylic acids is 3. The van der Waals surface area contributed by atoms with Gasteiger partial charge in [0.2, 0.25) is 11.7 Å². The molecule has 1 fully saturated rings. The maximum atomic E-state index is 12.1. The second-order valence-electron chi connectivity index (χ2n) is 5.39. The Kier molecular flexibility index (Phi) is 5.01. The molecule has 1 saturated heterocycles. The van der Waals surface area contributed by atoms with Gasteiger partial charge < -0.3 is 14.1 Å². The highest BCUT2D eigenvalue weighted by atomic mass is 35.5. The highest BCUT2D eigenvalue weighted by Gasteiger charge is 2.35. The third-order valence-electron chi connectivity index (χ3n) is 3.67. The van der Waals surface area contributed by atoms with Crippen molar-refractivity contribution in [2.75, 3.05) is 13.2 Å². The van der Waals surface area contributed by atoms with Crippen LogP contribution >= 0.6 is 22.9 Å². The lowest BCUT2D eigenvalue weighted by molar-refractivity contribution is -0.147. The SMILES string of the molecule is O=C(COC(=O)[C@H]1CC(=O)N(Cc2ccco2)C1)c1ccc(Cl)s1. The summed E-state index contributed by atoms with van der Waals surface area (Å²) in [6.45, 7) is 0.234. The van der Waals surface area contributed by atoms with E-state index in [2.05, 4.69) is 0 Å². The second kappa shape index (κ2) is 7.19. The van der Waals surface area contributed by atoms with Gasteiger partial charge in [-0.25, -0.2) is 0 Å². The van der Waals surface area contributed by atoms with Gasteiger partial charge in [-0.1, -0.05) is 11.6 Å². The molecule has 0 bridgehead atoms.